The van der Waals surface area contributed by atoms with E-state index in [9.17, 15) is 0 Å². The van der Waals surface area contributed by atoms with Crippen LogP contribution in [-0.4, -0.2) is 6.21 Å². The molecule has 8 heteroatoms. The van der Waals surface area contributed by atoms with Crippen molar-refractivity contribution in [1.82, 2.24) is 0 Å². The van der Waals surface area contributed by atoms with E-state index in [1.165, 1.54) is 6.21 Å². The topological polar surface area (TPSA) is 54.6 Å². The van der Waals surface area contributed by atoms with Crippen LogP contribution < -0.4 is 4.74 Å². The fraction of sp³-hybridized carbons (Fsp3) is 0.0909. The quantitative estimate of drug-likeness (QED) is 0.264. The number of halogens is 4. The maximum Gasteiger partial charge on any atom is 0.157 e. The molecule has 0 amide bonds. The third-order valence-corrected chi connectivity index (χ3v) is 5.32. The van der Waals surface area contributed by atoms with Gasteiger partial charge in [-0.25, -0.2) is 0 Å². The summed E-state index contributed by atoms with van der Waals surface area (Å²) in [5.41, 5.74) is 2.76. The van der Waals surface area contributed by atoms with Gasteiger partial charge in [0.2, 0.25) is 0 Å². The average Bonchev–Trinajstić information content (AvgIpc) is 2.73. The highest BCUT2D eigenvalue weighted by molar-refractivity contribution is 6.42. The number of ether oxygens (including phenoxy) is 1. The summed E-state index contributed by atoms with van der Waals surface area (Å²) in [5, 5.41) is 14.6. The maximum atomic E-state index is 9.08. The number of rotatable bonds is 7. The van der Waals surface area contributed by atoms with E-state index in [4.69, 9.17) is 61.2 Å². The molecular formula is C22H14Cl4N2O2. The summed E-state index contributed by atoms with van der Waals surface area (Å²) >= 11 is 24.6. The minimum atomic E-state index is 0.173. The Bertz CT molecular complexity index is 1100. The minimum Gasteiger partial charge on any atom is -0.486 e. The van der Waals surface area contributed by atoms with Gasteiger partial charge in [0.05, 0.1) is 37.9 Å². The molecule has 3 aromatic rings. The Kier molecular flexibility index (Phi) is 7.84. The van der Waals surface area contributed by atoms with E-state index in [0.717, 1.165) is 11.1 Å². The number of oxime groups is 1. The van der Waals surface area contributed by atoms with Crippen molar-refractivity contribution < 1.29 is 9.57 Å². The third-order valence-electron chi connectivity index (χ3n) is 4.02. The smallest absolute Gasteiger partial charge is 0.157 e. The summed E-state index contributed by atoms with van der Waals surface area (Å²) in [6.07, 6.45) is 1.48. The molecule has 3 rings (SSSR count). The van der Waals surface area contributed by atoms with Crippen molar-refractivity contribution in [3.05, 3.63) is 96.9 Å². The normalized spacial score (nSPS) is 10.8. The van der Waals surface area contributed by atoms with Gasteiger partial charge in [0, 0.05) is 5.56 Å². The largest absolute Gasteiger partial charge is 0.486 e. The molecule has 0 radical (unpaired) electrons. The van der Waals surface area contributed by atoms with Gasteiger partial charge in [0.25, 0.3) is 0 Å². The first-order valence-electron chi connectivity index (χ1n) is 8.67. The first-order chi connectivity index (χ1) is 14.5. The standard InChI is InChI=1S/C22H14Cl4N2O2/c23-18-6-5-14(7-19(18)24)12-29-22-20(25)8-15(9-21(22)26)11-28-30-13-17-4-2-1-3-16(17)10-27/h1-9,11H,12-13H2/b28-11-. The van der Waals surface area contributed by atoms with Crippen LogP contribution in [0.15, 0.2) is 59.8 Å². The fourth-order valence-corrected chi connectivity index (χ4v) is 3.47. The lowest BCUT2D eigenvalue weighted by Gasteiger charge is -2.11. The van der Waals surface area contributed by atoms with Gasteiger partial charge in [-0.2, -0.15) is 5.26 Å². The molecule has 0 aliphatic rings. The Balaban J connectivity index is 1.63. The highest BCUT2D eigenvalue weighted by atomic mass is 35.5. The molecule has 0 saturated heterocycles. The number of nitriles is 1. The van der Waals surface area contributed by atoms with Gasteiger partial charge in [0.15, 0.2) is 5.75 Å². The lowest BCUT2D eigenvalue weighted by Crippen LogP contribution is -1.98. The maximum absolute atomic E-state index is 9.08. The van der Waals surface area contributed by atoms with Crippen LogP contribution in [0.4, 0.5) is 0 Å². The zero-order valence-electron chi connectivity index (χ0n) is 15.4. The second kappa shape index (κ2) is 10.6. The molecule has 3 aromatic carbocycles. The second-order valence-corrected chi connectivity index (χ2v) is 7.76. The van der Waals surface area contributed by atoms with Gasteiger partial charge in [-0.15, -0.1) is 0 Å². The summed E-state index contributed by atoms with van der Waals surface area (Å²) in [5.74, 6) is 0.352. The van der Waals surface area contributed by atoms with E-state index in [1.807, 2.05) is 12.1 Å². The molecule has 30 heavy (non-hydrogen) atoms. The predicted molar refractivity (Wildman–Crippen MR) is 121 cm³/mol. The van der Waals surface area contributed by atoms with Crippen LogP contribution in [0.1, 0.15) is 22.3 Å². The highest BCUT2D eigenvalue weighted by Crippen LogP contribution is 2.35. The Morgan fingerprint density at radius 2 is 1.60 bits per heavy atom. The molecule has 152 valence electrons. The zero-order valence-corrected chi connectivity index (χ0v) is 18.4. The molecule has 0 spiro atoms. The van der Waals surface area contributed by atoms with E-state index in [1.54, 1.807) is 42.5 Å². The minimum absolute atomic E-state index is 0.173. The van der Waals surface area contributed by atoms with Gasteiger partial charge in [-0.1, -0.05) is 75.8 Å². The molecule has 0 aromatic heterocycles. The lowest BCUT2D eigenvalue weighted by atomic mass is 10.1. The summed E-state index contributed by atoms with van der Waals surface area (Å²) in [7, 11) is 0. The number of hydrogen-bond donors (Lipinski definition) is 0. The molecule has 0 fully saturated rings. The lowest BCUT2D eigenvalue weighted by molar-refractivity contribution is 0.132. The van der Waals surface area contributed by atoms with Crippen LogP contribution in [0.25, 0.3) is 0 Å². The van der Waals surface area contributed by atoms with Crippen LogP contribution in [0.3, 0.4) is 0 Å². The van der Waals surface area contributed by atoms with Gasteiger partial charge in [0.1, 0.15) is 13.2 Å². The third kappa shape index (κ3) is 5.81. The molecule has 0 heterocycles. The molecule has 0 N–H and O–H groups in total. The Labute approximate surface area is 194 Å². The van der Waals surface area contributed by atoms with Crippen LogP contribution in [0.5, 0.6) is 5.75 Å². The molecule has 4 nitrogen and oxygen atoms in total. The van der Waals surface area contributed by atoms with Gasteiger partial charge >= 0.3 is 0 Å². The van der Waals surface area contributed by atoms with Gasteiger partial charge < -0.3 is 9.57 Å². The second-order valence-electron chi connectivity index (χ2n) is 6.13. The number of benzene rings is 3. The van der Waals surface area contributed by atoms with E-state index in [-0.39, 0.29) is 13.2 Å². The zero-order chi connectivity index (χ0) is 21.5. The first kappa shape index (κ1) is 22.3. The molecule has 0 aliphatic carbocycles. The fourth-order valence-electron chi connectivity index (χ4n) is 2.54. The van der Waals surface area contributed by atoms with Gasteiger partial charge in [-0.05, 0) is 41.5 Å². The van der Waals surface area contributed by atoms with E-state index < -0.39 is 0 Å². The SMILES string of the molecule is N#Cc1ccccc1CO/N=C\c1cc(Cl)c(OCc2ccc(Cl)c(Cl)c2)c(Cl)c1. The number of nitrogens with zero attached hydrogens (tertiary/aromatic N) is 2. The molecule has 0 bridgehead atoms. The average molecular weight is 480 g/mol. The van der Waals surface area contributed by atoms with Crippen LogP contribution in [0.2, 0.25) is 20.1 Å². The first-order valence-corrected chi connectivity index (χ1v) is 10.2. The van der Waals surface area contributed by atoms with E-state index in [2.05, 4.69) is 11.2 Å². The van der Waals surface area contributed by atoms with E-state index >= 15 is 0 Å². The Morgan fingerprint density at radius 3 is 2.30 bits per heavy atom. The van der Waals surface area contributed by atoms with Crippen molar-refractivity contribution >= 4 is 52.6 Å². The van der Waals surface area contributed by atoms with Crippen molar-refractivity contribution in [2.24, 2.45) is 5.16 Å². The predicted octanol–water partition coefficient (Wildman–Crippen LogP) is 7.30. The van der Waals surface area contributed by atoms with Crippen molar-refractivity contribution in [2.75, 3.05) is 0 Å². The van der Waals surface area contributed by atoms with Crippen molar-refractivity contribution in [3.8, 4) is 11.8 Å². The number of hydrogen-bond acceptors (Lipinski definition) is 4. The summed E-state index contributed by atoms with van der Waals surface area (Å²) in [6.45, 7) is 0.401. The van der Waals surface area contributed by atoms with Crippen molar-refractivity contribution in [1.29, 1.82) is 5.26 Å². The van der Waals surface area contributed by atoms with Crippen LogP contribution in [-0.2, 0) is 18.1 Å². The molecule has 0 atom stereocenters. The summed E-state index contributed by atoms with van der Waals surface area (Å²) in [4.78, 5) is 5.28. The Morgan fingerprint density at radius 1 is 0.867 bits per heavy atom. The van der Waals surface area contributed by atoms with Gasteiger partial charge in [-0.3, -0.25) is 0 Å². The van der Waals surface area contributed by atoms with Crippen molar-refractivity contribution in [3.63, 3.8) is 0 Å². The summed E-state index contributed by atoms with van der Waals surface area (Å²) in [6, 6.07) is 17.8. The Hall–Kier alpha value is -2.42. The van der Waals surface area contributed by atoms with Crippen LogP contribution in [0, 0.1) is 11.3 Å². The van der Waals surface area contributed by atoms with E-state index in [0.29, 0.717) is 37.0 Å². The summed E-state index contributed by atoms with van der Waals surface area (Å²) < 4.78 is 5.74. The monoisotopic (exact) mass is 478 g/mol. The molecule has 0 unspecified atom stereocenters. The van der Waals surface area contributed by atoms with Crippen molar-refractivity contribution in [2.45, 2.75) is 13.2 Å². The molecule has 0 saturated carbocycles. The molecular weight excluding hydrogens is 466 g/mol. The highest BCUT2D eigenvalue weighted by Gasteiger charge is 2.10. The molecule has 0 aliphatic heterocycles. The van der Waals surface area contributed by atoms with Crippen LogP contribution >= 0.6 is 46.4 Å².